The molecule has 0 aliphatic rings. The van der Waals surface area contributed by atoms with E-state index >= 15 is 0 Å². The van der Waals surface area contributed by atoms with Gasteiger partial charge < -0.3 is 11.1 Å². The standard InChI is InChI=1S/C5H11N3O/c6-1-2-7-3-4-8-5-9/h7H,1-4,6H2. The molecule has 4 heteroatoms. The van der Waals surface area contributed by atoms with E-state index in [0.29, 0.717) is 19.6 Å². The second kappa shape index (κ2) is 7.30. The van der Waals surface area contributed by atoms with E-state index in [9.17, 15) is 4.79 Å². The van der Waals surface area contributed by atoms with Gasteiger partial charge in [0.05, 0.1) is 6.54 Å². The van der Waals surface area contributed by atoms with Crippen molar-refractivity contribution in [3.05, 3.63) is 0 Å². The van der Waals surface area contributed by atoms with Crippen LogP contribution in [0.25, 0.3) is 0 Å². The van der Waals surface area contributed by atoms with Crippen LogP contribution in [0.3, 0.4) is 0 Å². The molecule has 0 saturated carbocycles. The fraction of sp³-hybridized carbons (Fsp3) is 0.800. The molecule has 0 bridgehead atoms. The molecule has 0 radical (unpaired) electrons. The van der Waals surface area contributed by atoms with Crippen molar-refractivity contribution in [2.24, 2.45) is 10.7 Å². The van der Waals surface area contributed by atoms with Crippen molar-refractivity contribution in [3.8, 4) is 0 Å². The number of isocyanates is 1. The van der Waals surface area contributed by atoms with Crippen LogP contribution < -0.4 is 11.1 Å². The van der Waals surface area contributed by atoms with Crippen LogP contribution in [-0.2, 0) is 4.79 Å². The fourth-order valence-electron chi connectivity index (χ4n) is 0.408. The third kappa shape index (κ3) is 7.30. The third-order valence-electron chi connectivity index (χ3n) is 0.786. The third-order valence-corrected chi connectivity index (χ3v) is 0.786. The van der Waals surface area contributed by atoms with Gasteiger partial charge in [0.2, 0.25) is 6.08 Å². The molecule has 0 saturated heterocycles. The number of rotatable bonds is 5. The highest BCUT2D eigenvalue weighted by molar-refractivity contribution is 5.32. The van der Waals surface area contributed by atoms with Crippen LogP contribution in [-0.4, -0.2) is 32.3 Å². The zero-order valence-electron chi connectivity index (χ0n) is 5.26. The van der Waals surface area contributed by atoms with Crippen LogP contribution in [0.2, 0.25) is 0 Å². The Morgan fingerprint density at radius 1 is 1.56 bits per heavy atom. The van der Waals surface area contributed by atoms with E-state index in [4.69, 9.17) is 5.73 Å². The number of nitrogens with zero attached hydrogens (tertiary/aromatic N) is 1. The lowest BCUT2D eigenvalue weighted by atomic mass is 10.6. The lowest BCUT2D eigenvalue weighted by molar-refractivity contribution is 0.562. The Bertz CT molecular complexity index is 98.4. The van der Waals surface area contributed by atoms with Crippen LogP contribution in [0.15, 0.2) is 4.99 Å². The van der Waals surface area contributed by atoms with Crippen LogP contribution >= 0.6 is 0 Å². The average Bonchev–Trinajstić information content (AvgIpc) is 1.89. The number of hydrogen-bond acceptors (Lipinski definition) is 4. The molecule has 0 aromatic heterocycles. The summed E-state index contributed by atoms with van der Waals surface area (Å²) in [6, 6.07) is 0. The minimum absolute atomic E-state index is 0.490. The summed E-state index contributed by atoms with van der Waals surface area (Å²) >= 11 is 0. The summed E-state index contributed by atoms with van der Waals surface area (Å²) in [5, 5.41) is 2.97. The van der Waals surface area contributed by atoms with E-state index in [1.165, 1.54) is 6.08 Å². The van der Waals surface area contributed by atoms with Crippen molar-refractivity contribution in [2.45, 2.75) is 0 Å². The minimum Gasteiger partial charge on any atom is -0.329 e. The Morgan fingerprint density at radius 2 is 2.33 bits per heavy atom. The highest BCUT2D eigenvalue weighted by Crippen LogP contribution is 1.61. The van der Waals surface area contributed by atoms with Gasteiger partial charge in [0.25, 0.3) is 0 Å². The Hall–Kier alpha value is -0.700. The Kier molecular flexibility index (Phi) is 6.73. The topological polar surface area (TPSA) is 67.5 Å². The van der Waals surface area contributed by atoms with Gasteiger partial charge in [-0.3, -0.25) is 0 Å². The van der Waals surface area contributed by atoms with Crippen molar-refractivity contribution >= 4 is 6.08 Å². The van der Waals surface area contributed by atoms with Gasteiger partial charge in [-0.1, -0.05) is 0 Å². The molecule has 0 fully saturated rings. The molecule has 0 unspecified atom stereocenters. The molecular weight excluding hydrogens is 118 g/mol. The summed E-state index contributed by atoms with van der Waals surface area (Å²) in [4.78, 5) is 12.8. The van der Waals surface area contributed by atoms with Crippen molar-refractivity contribution in [1.82, 2.24) is 5.32 Å². The van der Waals surface area contributed by atoms with E-state index in [0.717, 1.165) is 6.54 Å². The molecule has 0 aromatic rings. The molecule has 4 nitrogen and oxygen atoms in total. The Morgan fingerprint density at radius 3 is 2.89 bits per heavy atom. The lowest BCUT2D eigenvalue weighted by Gasteiger charge is -1.95. The molecule has 0 aliphatic carbocycles. The highest BCUT2D eigenvalue weighted by Gasteiger charge is 1.80. The number of carbonyl (C=O) groups excluding carboxylic acids is 1. The smallest absolute Gasteiger partial charge is 0.234 e. The largest absolute Gasteiger partial charge is 0.329 e. The second-order valence-electron chi connectivity index (χ2n) is 1.51. The molecular formula is C5H11N3O. The van der Waals surface area contributed by atoms with Crippen molar-refractivity contribution in [1.29, 1.82) is 0 Å². The summed E-state index contributed by atoms with van der Waals surface area (Å²) in [6.07, 6.45) is 1.45. The Labute approximate surface area is 54.1 Å². The zero-order valence-corrected chi connectivity index (χ0v) is 5.26. The van der Waals surface area contributed by atoms with Crippen LogP contribution in [0.4, 0.5) is 0 Å². The number of aliphatic imine (C=N–C) groups is 1. The first kappa shape index (κ1) is 8.30. The SMILES string of the molecule is NCCNCCN=C=O. The summed E-state index contributed by atoms with van der Waals surface area (Å²) in [6.45, 7) is 2.58. The predicted molar refractivity (Wildman–Crippen MR) is 34.9 cm³/mol. The first-order valence-corrected chi connectivity index (χ1v) is 2.86. The van der Waals surface area contributed by atoms with Crippen molar-refractivity contribution < 1.29 is 4.79 Å². The maximum Gasteiger partial charge on any atom is 0.234 e. The van der Waals surface area contributed by atoms with E-state index < -0.39 is 0 Å². The van der Waals surface area contributed by atoms with Gasteiger partial charge in [-0.2, -0.15) is 0 Å². The van der Waals surface area contributed by atoms with Crippen molar-refractivity contribution in [3.63, 3.8) is 0 Å². The molecule has 3 N–H and O–H groups in total. The maximum absolute atomic E-state index is 9.49. The molecule has 0 aromatic carbocycles. The average molecular weight is 129 g/mol. The predicted octanol–water partition coefficient (Wildman–Crippen LogP) is -1.13. The van der Waals surface area contributed by atoms with E-state index in [2.05, 4.69) is 10.3 Å². The molecule has 0 rings (SSSR count). The molecule has 0 atom stereocenters. The lowest BCUT2D eigenvalue weighted by Crippen LogP contribution is -2.24. The van der Waals surface area contributed by atoms with Crippen molar-refractivity contribution in [2.75, 3.05) is 26.2 Å². The van der Waals surface area contributed by atoms with Gasteiger partial charge in [-0.25, -0.2) is 9.79 Å². The van der Waals surface area contributed by atoms with E-state index in [-0.39, 0.29) is 0 Å². The van der Waals surface area contributed by atoms with Gasteiger partial charge in [0, 0.05) is 19.6 Å². The summed E-state index contributed by atoms with van der Waals surface area (Å²) < 4.78 is 0. The maximum atomic E-state index is 9.49. The van der Waals surface area contributed by atoms with Gasteiger partial charge in [-0.15, -0.1) is 0 Å². The van der Waals surface area contributed by atoms with Gasteiger partial charge in [0.1, 0.15) is 0 Å². The molecule has 52 valence electrons. The second-order valence-corrected chi connectivity index (χ2v) is 1.51. The van der Waals surface area contributed by atoms with Gasteiger partial charge in [0.15, 0.2) is 0 Å². The molecule has 0 heterocycles. The number of nitrogens with two attached hydrogens (primary N) is 1. The van der Waals surface area contributed by atoms with Gasteiger partial charge in [-0.05, 0) is 0 Å². The summed E-state index contributed by atoms with van der Waals surface area (Å²) in [5.74, 6) is 0. The Balaban J connectivity index is 2.82. The van der Waals surface area contributed by atoms with Crippen LogP contribution in [0.1, 0.15) is 0 Å². The first-order chi connectivity index (χ1) is 4.41. The normalized spacial score (nSPS) is 8.56. The monoisotopic (exact) mass is 129 g/mol. The number of nitrogens with one attached hydrogen (secondary N) is 1. The minimum atomic E-state index is 0.490. The molecule has 0 aliphatic heterocycles. The molecule has 0 amide bonds. The molecule has 0 spiro atoms. The first-order valence-electron chi connectivity index (χ1n) is 2.86. The van der Waals surface area contributed by atoms with E-state index in [1.54, 1.807) is 0 Å². The van der Waals surface area contributed by atoms with E-state index in [1.807, 2.05) is 0 Å². The zero-order chi connectivity index (χ0) is 6.95. The quantitative estimate of drug-likeness (QED) is 0.280. The highest BCUT2D eigenvalue weighted by atomic mass is 16.1. The molecule has 9 heavy (non-hydrogen) atoms. The summed E-state index contributed by atoms with van der Waals surface area (Å²) in [5.41, 5.74) is 5.17. The fourth-order valence-corrected chi connectivity index (χ4v) is 0.408. The van der Waals surface area contributed by atoms with Gasteiger partial charge >= 0.3 is 0 Å². The van der Waals surface area contributed by atoms with Crippen LogP contribution in [0, 0.1) is 0 Å². The number of hydrogen-bond donors (Lipinski definition) is 2. The van der Waals surface area contributed by atoms with Crippen LogP contribution in [0.5, 0.6) is 0 Å². The summed E-state index contributed by atoms with van der Waals surface area (Å²) in [7, 11) is 0.